The average molecular weight is 296 g/mol. The predicted octanol–water partition coefficient (Wildman–Crippen LogP) is 1.99. The van der Waals surface area contributed by atoms with Crippen LogP contribution in [-0.2, 0) is 9.57 Å². The van der Waals surface area contributed by atoms with Gasteiger partial charge in [-0.25, -0.2) is 4.99 Å². The van der Waals surface area contributed by atoms with E-state index in [1.165, 1.54) is 0 Å². The van der Waals surface area contributed by atoms with Gasteiger partial charge in [-0.1, -0.05) is 23.7 Å². The van der Waals surface area contributed by atoms with Crippen molar-refractivity contribution in [1.29, 1.82) is 0 Å². The highest BCUT2D eigenvalue weighted by atomic mass is 35.5. The van der Waals surface area contributed by atoms with Gasteiger partial charge in [0.25, 0.3) is 0 Å². The Morgan fingerprint density at radius 1 is 1.25 bits per heavy atom. The molecule has 1 saturated heterocycles. The van der Waals surface area contributed by atoms with Crippen LogP contribution in [0.4, 0.5) is 0 Å². The van der Waals surface area contributed by atoms with Gasteiger partial charge in [0.2, 0.25) is 5.90 Å². The van der Waals surface area contributed by atoms with Gasteiger partial charge in [-0.05, 0) is 17.7 Å². The lowest BCUT2D eigenvalue weighted by molar-refractivity contribution is 0.0383. The Balaban J connectivity index is 1.53. The largest absolute Gasteiger partial charge is 0.391 e. The van der Waals surface area contributed by atoms with Gasteiger partial charge < -0.3 is 9.57 Å². The fourth-order valence-corrected chi connectivity index (χ4v) is 2.43. The highest BCUT2D eigenvalue weighted by Gasteiger charge is 2.21. The fraction of sp³-hybridized carbons (Fsp3) is 0.500. The Morgan fingerprint density at radius 3 is 2.75 bits per heavy atom. The lowest BCUT2D eigenvalue weighted by Crippen LogP contribution is -2.37. The minimum atomic E-state index is -0.132. The first kappa shape index (κ1) is 13.8. The molecule has 0 saturated carbocycles. The first-order chi connectivity index (χ1) is 9.81. The quantitative estimate of drug-likeness (QED) is 0.923. The van der Waals surface area contributed by atoms with Gasteiger partial charge in [0.15, 0.2) is 6.17 Å². The second-order valence-electron chi connectivity index (χ2n) is 4.90. The summed E-state index contributed by atoms with van der Waals surface area (Å²) in [4.78, 5) is 12.4. The topological polar surface area (TPSA) is 46.1 Å². The molecule has 0 aliphatic carbocycles. The van der Waals surface area contributed by atoms with E-state index in [4.69, 9.17) is 21.2 Å². The monoisotopic (exact) mass is 295 g/mol. The van der Waals surface area contributed by atoms with Gasteiger partial charge in [0.05, 0.1) is 13.2 Å². The molecule has 0 aromatic heterocycles. The number of rotatable bonds is 4. The van der Waals surface area contributed by atoms with E-state index < -0.39 is 0 Å². The molecule has 1 fully saturated rings. The highest BCUT2D eigenvalue weighted by Crippen LogP contribution is 2.21. The maximum Gasteiger partial charge on any atom is 0.212 e. The summed E-state index contributed by atoms with van der Waals surface area (Å²) in [5.74, 6) is 0.761. The molecule has 0 radical (unpaired) electrons. The summed E-state index contributed by atoms with van der Waals surface area (Å²) in [7, 11) is 0. The number of ether oxygens (including phenoxy) is 1. The molecule has 1 N–H and O–H groups in total. The van der Waals surface area contributed by atoms with Crippen LogP contribution in [0.15, 0.2) is 29.3 Å². The molecule has 0 bridgehead atoms. The molecule has 0 spiro atoms. The lowest BCUT2D eigenvalue weighted by Gasteiger charge is -2.26. The van der Waals surface area contributed by atoms with Gasteiger partial charge in [0.1, 0.15) is 0 Å². The summed E-state index contributed by atoms with van der Waals surface area (Å²) in [5.41, 5.74) is 3.99. The van der Waals surface area contributed by atoms with E-state index in [2.05, 4.69) is 15.4 Å². The molecule has 0 amide bonds. The number of hydroxylamine groups is 1. The summed E-state index contributed by atoms with van der Waals surface area (Å²) in [6, 6.07) is 7.63. The molecule has 1 aromatic rings. The van der Waals surface area contributed by atoms with Gasteiger partial charge in [-0.2, -0.15) is 0 Å². The molecule has 108 valence electrons. The molecule has 0 unspecified atom stereocenters. The first-order valence-corrected chi connectivity index (χ1v) is 7.24. The number of nitrogens with one attached hydrogen (secondary N) is 1. The number of hydrogen-bond donors (Lipinski definition) is 1. The molecule has 2 aliphatic rings. The van der Waals surface area contributed by atoms with Crippen LogP contribution in [0.25, 0.3) is 0 Å². The predicted molar refractivity (Wildman–Crippen MR) is 77.7 cm³/mol. The molecule has 6 heteroatoms. The van der Waals surface area contributed by atoms with Crippen molar-refractivity contribution in [2.24, 2.45) is 4.99 Å². The minimum absolute atomic E-state index is 0.132. The van der Waals surface area contributed by atoms with Crippen LogP contribution in [0, 0.1) is 0 Å². The Morgan fingerprint density at radius 2 is 2.00 bits per heavy atom. The Labute approximate surface area is 123 Å². The Hall–Kier alpha value is -1.14. The SMILES string of the molecule is Clc1ccc([C@@H]2N=C(CCN3CCOCC3)ON2)cc1. The normalized spacial score (nSPS) is 23.4. The van der Waals surface area contributed by atoms with Crippen molar-refractivity contribution in [2.75, 3.05) is 32.8 Å². The van der Waals surface area contributed by atoms with E-state index in [1.54, 1.807) is 0 Å². The van der Waals surface area contributed by atoms with Gasteiger partial charge in [0, 0.05) is 31.1 Å². The molecular formula is C14H18ClN3O2. The van der Waals surface area contributed by atoms with E-state index >= 15 is 0 Å². The number of nitrogens with zero attached hydrogens (tertiary/aromatic N) is 2. The van der Waals surface area contributed by atoms with E-state index in [-0.39, 0.29) is 6.17 Å². The third-order valence-electron chi connectivity index (χ3n) is 3.49. The van der Waals surface area contributed by atoms with E-state index in [0.29, 0.717) is 0 Å². The van der Waals surface area contributed by atoms with Crippen LogP contribution in [0.5, 0.6) is 0 Å². The second-order valence-corrected chi connectivity index (χ2v) is 5.34. The van der Waals surface area contributed by atoms with Crippen molar-refractivity contribution in [3.8, 4) is 0 Å². The van der Waals surface area contributed by atoms with Crippen LogP contribution in [0.3, 0.4) is 0 Å². The highest BCUT2D eigenvalue weighted by molar-refractivity contribution is 6.30. The smallest absolute Gasteiger partial charge is 0.212 e. The van der Waals surface area contributed by atoms with Gasteiger partial charge in [-0.3, -0.25) is 4.90 Å². The van der Waals surface area contributed by atoms with Gasteiger partial charge in [-0.15, -0.1) is 5.48 Å². The van der Waals surface area contributed by atoms with E-state index in [9.17, 15) is 0 Å². The van der Waals surface area contributed by atoms with E-state index in [0.717, 1.165) is 55.8 Å². The second kappa shape index (κ2) is 6.54. The molecular weight excluding hydrogens is 278 g/mol. The number of benzene rings is 1. The Kier molecular flexibility index (Phi) is 4.52. The fourth-order valence-electron chi connectivity index (χ4n) is 2.30. The van der Waals surface area contributed by atoms with Crippen molar-refractivity contribution in [3.63, 3.8) is 0 Å². The molecule has 1 atom stereocenters. The molecule has 2 aliphatic heterocycles. The van der Waals surface area contributed by atoms with Crippen LogP contribution in [0.2, 0.25) is 5.02 Å². The van der Waals surface area contributed by atoms with Crippen molar-refractivity contribution >= 4 is 17.5 Å². The number of hydrogen-bond acceptors (Lipinski definition) is 5. The third kappa shape index (κ3) is 3.49. The number of halogens is 1. The first-order valence-electron chi connectivity index (χ1n) is 6.86. The summed E-state index contributed by atoms with van der Waals surface area (Å²) in [6.45, 7) is 4.57. The minimum Gasteiger partial charge on any atom is -0.391 e. The maximum atomic E-state index is 5.88. The molecule has 1 aromatic carbocycles. The van der Waals surface area contributed by atoms with Crippen molar-refractivity contribution in [2.45, 2.75) is 12.6 Å². The van der Waals surface area contributed by atoms with Crippen LogP contribution in [0.1, 0.15) is 18.2 Å². The zero-order valence-corrected chi connectivity index (χ0v) is 12.0. The number of morpholine rings is 1. The summed E-state index contributed by atoms with van der Waals surface area (Å²) >= 11 is 5.88. The van der Waals surface area contributed by atoms with Crippen molar-refractivity contribution in [1.82, 2.24) is 10.4 Å². The third-order valence-corrected chi connectivity index (χ3v) is 3.74. The summed E-state index contributed by atoms with van der Waals surface area (Å²) in [6.07, 6.45) is 0.684. The number of aliphatic imine (C=N–C) groups is 1. The molecule has 3 rings (SSSR count). The van der Waals surface area contributed by atoms with Crippen molar-refractivity contribution < 1.29 is 9.57 Å². The molecule has 5 nitrogen and oxygen atoms in total. The molecule has 2 heterocycles. The standard InChI is InChI=1S/C14H18ClN3O2/c15-12-3-1-11(2-4-12)14-16-13(20-17-14)5-6-18-7-9-19-10-8-18/h1-4,14,17H,5-10H2/t14-/m1/s1. The zero-order valence-electron chi connectivity index (χ0n) is 11.2. The lowest BCUT2D eigenvalue weighted by atomic mass is 10.2. The van der Waals surface area contributed by atoms with Gasteiger partial charge >= 0.3 is 0 Å². The van der Waals surface area contributed by atoms with Crippen LogP contribution < -0.4 is 5.48 Å². The molecule has 20 heavy (non-hydrogen) atoms. The zero-order chi connectivity index (χ0) is 13.8. The summed E-state index contributed by atoms with van der Waals surface area (Å²) < 4.78 is 5.33. The van der Waals surface area contributed by atoms with Crippen LogP contribution in [-0.4, -0.2) is 43.6 Å². The average Bonchev–Trinajstić information content (AvgIpc) is 2.96. The Bertz CT molecular complexity index is 472. The summed E-state index contributed by atoms with van der Waals surface area (Å²) in [5, 5.41) is 0.726. The van der Waals surface area contributed by atoms with Crippen molar-refractivity contribution in [3.05, 3.63) is 34.9 Å². The van der Waals surface area contributed by atoms with Crippen LogP contribution >= 0.6 is 11.6 Å². The maximum absolute atomic E-state index is 5.88. The van der Waals surface area contributed by atoms with E-state index in [1.807, 2.05) is 24.3 Å².